The lowest BCUT2D eigenvalue weighted by molar-refractivity contribution is 0.262. The van der Waals surface area contributed by atoms with Gasteiger partial charge in [-0.2, -0.15) is 4.37 Å². The molecule has 2 heterocycles. The van der Waals surface area contributed by atoms with Crippen molar-refractivity contribution in [1.82, 2.24) is 19.0 Å². The SMILES string of the molecule is O=S(=O)(NCCN1CCN(c2nc(Cc3ccccc3)ns2)CC1)c1ccc(F)cc1. The van der Waals surface area contributed by atoms with E-state index in [0.717, 1.165) is 55.7 Å². The van der Waals surface area contributed by atoms with Crippen molar-refractivity contribution in [1.29, 1.82) is 0 Å². The molecule has 1 N–H and O–H groups in total. The standard InChI is InChI=1S/C21H24FN5O2S2/c22-18-6-8-19(9-7-18)31(28,29)23-10-11-26-12-14-27(15-13-26)21-24-20(25-30-21)16-17-4-2-1-3-5-17/h1-9,23H,10-16H2. The van der Waals surface area contributed by atoms with E-state index in [1.165, 1.54) is 29.2 Å². The van der Waals surface area contributed by atoms with E-state index >= 15 is 0 Å². The molecule has 0 bridgehead atoms. The van der Waals surface area contributed by atoms with Gasteiger partial charge in [0.15, 0.2) is 0 Å². The fourth-order valence-electron chi connectivity index (χ4n) is 3.42. The highest BCUT2D eigenvalue weighted by Gasteiger charge is 2.21. The molecule has 0 amide bonds. The highest BCUT2D eigenvalue weighted by molar-refractivity contribution is 7.89. The van der Waals surface area contributed by atoms with Crippen LogP contribution in [0.3, 0.4) is 0 Å². The number of aromatic nitrogens is 2. The summed E-state index contributed by atoms with van der Waals surface area (Å²) in [7, 11) is -3.63. The molecule has 4 rings (SSSR count). The quantitative estimate of drug-likeness (QED) is 0.555. The largest absolute Gasteiger partial charge is 0.344 e. The van der Waals surface area contributed by atoms with Crippen molar-refractivity contribution in [3.05, 3.63) is 71.8 Å². The third-order valence-electron chi connectivity index (χ3n) is 5.15. The van der Waals surface area contributed by atoms with E-state index in [-0.39, 0.29) is 4.90 Å². The Bertz CT molecular complexity index is 1080. The maximum atomic E-state index is 13.0. The maximum absolute atomic E-state index is 13.0. The van der Waals surface area contributed by atoms with Gasteiger partial charge in [0, 0.05) is 57.2 Å². The first-order valence-electron chi connectivity index (χ1n) is 10.1. The summed E-state index contributed by atoms with van der Waals surface area (Å²) in [6.07, 6.45) is 0.728. The average molecular weight is 462 g/mol. The molecule has 7 nitrogen and oxygen atoms in total. The van der Waals surface area contributed by atoms with E-state index in [4.69, 9.17) is 0 Å². The predicted octanol–water partition coefficient (Wildman–Crippen LogP) is 2.37. The number of hydrogen-bond acceptors (Lipinski definition) is 7. The molecule has 164 valence electrons. The van der Waals surface area contributed by atoms with Gasteiger partial charge in [0.2, 0.25) is 15.2 Å². The average Bonchev–Trinajstić information content (AvgIpc) is 3.23. The van der Waals surface area contributed by atoms with Crippen LogP contribution in [-0.2, 0) is 16.4 Å². The van der Waals surface area contributed by atoms with E-state index < -0.39 is 15.8 Å². The van der Waals surface area contributed by atoms with Crippen molar-refractivity contribution < 1.29 is 12.8 Å². The van der Waals surface area contributed by atoms with Gasteiger partial charge in [-0.15, -0.1) is 0 Å². The monoisotopic (exact) mass is 461 g/mol. The van der Waals surface area contributed by atoms with Crippen LogP contribution in [0.4, 0.5) is 9.52 Å². The normalized spacial score (nSPS) is 15.3. The van der Waals surface area contributed by atoms with E-state index in [2.05, 4.69) is 36.0 Å². The minimum atomic E-state index is -3.63. The second kappa shape index (κ2) is 9.82. The fraction of sp³-hybridized carbons (Fsp3) is 0.333. The predicted molar refractivity (Wildman–Crippen MR) is 119 cm³/mol. The lowest BCUT2D eigenvalue weighted by Gasteiger charge is -2.34. The van der Waals surface area contributed by atoms with Gasteiger partial charge in [0.05, 0.1) is 4.90 Å². The molecular weight excluding hydrogens is 437 g/mol. The molecule has 1 aliphatic heterocycles. The Morgan fingerprint density at radius 2 is 1.71 bits per heavy atom. The Kier molecular flexibility index (Phi) is 6.91. The van der Waals surface area contributed by atoms with Crippen LogP contribution in [0, 0.1) is 5.82 Å². The first-order valence-corrected chi connectivity index (χ1v) is 12.3. The van der Waals surface area contributed by atoms with Crippen LogP contribution in [0.1, 0.15) is 11.4 Å². The maximum Gasteiger partial charge on any atom is 0.240 e. The van der Waals surface area contributed by atoms with Crippen molar-refractivity contribution in [2.45, 2.75) is 11.3 Å². The zero-order chi connectivity index (χ0) is 21.7. The summed E-state index contributed by atoms with van der Waals surface area (Å²) < 4.78 is 44.6. The molecule has 0 atom stereocenters. The lowest BCUT2D eigenvalue weighted by Crippen LogP contribution is -2.48. The van der Waals surface area contributed by atoms with Crippen molar-refractivity contribution in [2.75, 3.05) is 44.2 Å². The van der Waals surface area contributed by atoms with Gasteiger partial charge in [-0.25, -0.2) is 22.5 Å². The van der Waals surface area contributed by atoms with Crippen LogP contribution in [0.2, 0.25) is 0 Å². The van der Waals surface area contributed by atoms with Gasteiger partial charge in [0.25, 0.3) is 0 Å². The number of nitrogens with one attached hydrogen (secondary N) is 1. The minimum absolute atomic E-state index is 0.0706. The molecule has 0 radical (unpaired) electrons. The zero-order valence-electron chi connectivity index (χ0n) is 16.9. The van der Waals surface area contributed by atoms with Crippen molar-refractivity contribution >= 4 is 26.7 Å². The van der Waals surface area contributed by atoms with Crippen LogP contribution in [-0.4, -0.2) is 61.9 Å². The Hall–Kier alpha value is -2.40. The minimum Gasteiger partial charge on any atom is -0.344 e. The number of hydrogen-bond donors (Lipinski definition) is 1. The van der Waals surface area contributed by atoms with Gasteiger partial charge in [-0.1, -0.05) is 30.3 Å². The number of sulfonamides is 1. The van der Waals surface area contributed by atoms with Crippen LogP contribution in [0.25, 0.3) is 0 Å². The Balaban J connectivity index is 1.22. The number of nitrogens with zero attached hydrogens (tertiary/aromatic N) is 4. The summed E-state index contributed by atoms with van der Waals surface area (Å²) >= 11 is 1.42. The number of piperazine rings is 1. The number of rotatable bonds is 8. The second-order valence-electron chi connectivity index (χ2n) is 7.34. The topological polar surface area (TPSA) is 78.4 Å². The number of benzene rings is 2. The Morgan fingerprint density at radius 1 is 1.00 bits per heavy atom. The summed E-state index contributed by atoms with van der Waals surface area (Å²) in [6, 6.07) is 15.0. The fourth-order valence-corrected chi connectivity index (χ4v) is 5.18. The first kappa shape index (κ1) is 21.8. The molecule has 1 aromatic heterocycles. The molecule has 3 aromatic rings. The number of halogens is 1. The van der Waals surface area contributed by atoms with Gasteiger partial charge in [-0.3, -0.25) is 4.90 Å². The number of anilines is 1. The van der Waals surface area contributed by atoms with Crippen molar-refractivity contribution in [2.24, 2.45) is 0 Å². The van der Waals surface area contributed by atoms with Crippen molar-refractivity contribution in [3.8, 4) is 0 Å². The smallest absolute Gasteiger partial charge is 0.240 e. The van der Waals surface area contributed by atoms with Gasteiger partial charge < -0.3 is 4.90 Å². The first-order chi connectivity index (χ1) is 15.0. The highest BCUT2D eigenvalue weighted by atomic mass is 32.2. The summed E-state index contributed by atoms with van der Waals surface area (Å²) in [5.41, 5.74) is 1.19. The van der Waals surface area contributed by atoms with E-state index in [1.54, 1.807) is 0 Å². The Labute approximate surface area is 185 Å². The molecule has 31 heavy (non-hydrogen) atoms. The summed E-state index contributed by atoms with van der Waals surface area (Å²) in [5.74, 6) is 0.378. The molecule has 10 heteroatoms. The lowest BCUT2D eigenvalue weighted by atomic mass is 10.1. The molecule has 0 saturated carbocycles. The summed E-state index contributed by atoms with van der Waals surface area (Å²) in [5, 5.41) is 0.933. The third-order valence-corrected chi connectivity index (χ3v) is 7.44. The summed E-state index contributed by atoms with van der Waals surface area (Å²) in [6.45, 7) is 4.22. The van der Waals surface area contributed by atoms with Crippen LogP contribution in [0.15, 0.2) is 59.5 Å². The summed E-state index contributed by atoms with van der Waals surface area (Å²) in [4.78, 5) is 9.20. The van der Waals surface area contributed by atoms with Crippen LogP contribution >= 0.6 is 11.5 Å². The molecule has 0 unspecified atom stereocenters. The molecule has 2 aromatic carbocycles. The zero-order valence-corrected chi connectivity index (χ0v) is 18.6. The second-order valence-corrected chi connectivity index (χ2v) is 9.83. The van der Waals surface area contributed by atoms with E-state index in [9.17, 15) is 12.8 Å². The van der Waals surface area contributed by atoms with E-state index in [0.29, 0.717) is 13.1 Å². The van der Waals surface area contributed by atoms with Crippen LogP contribution in [0.5, 0.6) is 0 Å². The van der Waals surface area contributed by atoms with Gasteiger partial charge in [0.1, 0.15) is 11.6 Å². The molecule has 0 aliphatic carbocycles. The van der Waals surface area contributed by atoms with Crippen LogP contribution < -0.4 is 9.62 Å². The van der Waals surface area contributed by atoms with E-state index in [1.807, 2.05) is 18.2 Å². The molecule has 1 saturated heterocycles. The Morgan fingerprint density at radius 3 is 2.42 bits per heavy atom. The molecule has 0 spiro atoms. The molecular formula is C21H24FN5O2S2. The van der Waals surface area contributed by atoms with Gasteiger partial charge >= 0.3 is 0 Å². The highest BCUT2D eigenvalue weighted by Crippen LogP contribution is 2.20. The van der Waals surface area contributed by atoms with Crippen molar-refractivity contribution in [3.63, 3.8) is 0 Å². The third kappa shape index (κ3) is 5.85. The van der Waals surface area contributed by atoms with Gasteiger partial charge in [-0.05, 0) is 29.8 Å². The molecule has 1 fully saturated rings. The molecule has 1 aliphatic rings.